The van der Waals surface area contributed by atoms with E-state index in [4.69, 9.17) is 5.73 Å². The van der Waals surface area contributed by atoms with Crippen LogP contribution in [0, 0.1) is 5.41 Å². The zero-order chi connectivity index (χ0) is 12.5. The fourth-order valence-electron chi connectivity index (χ4n) is 2.06. The maximum Gasteiger partial charge on any atom is 0.151 e. The van der Waals surface area contributed by atoms with Crippen molar-refractivity contribution in [2.75, 3.05) is 23.7 Å². The van der Waals surface area contributed by atoms with Crippen LogP contribution in [0.1, 0.15) is 27.2 Å². The Kier molecular flexibility index (Phi) is 3.05. The largest absolute Gasteiger partial charge is 0.382 e. The second-order valence-corrected chi connectivity index (χ2v) is 5.49. The molecule has 0 unspecified atom stereocenters. The fraction of sp³-hybridized carbons (Fsp3) is 0.538. The van der Waals surface area contributed by atoms with E-state index >= 15 is 0 Å². The Morgan fingerprint density at radius 3 is 2.47 bits per heavy atom. The molecule has 0 spiro atoms. The summed E-state index contributed by atoms with van der Waals surface area (Å²) in [5, 5.41) is 8.00. The average molecular weight is 232 g/mol. The molecular formula is C13H20N4. The first kappa shape index (κ1) is 11.9. The molecular weight excluding hydrogens is 212 g/mol. The van der Waals surface area contributed by atoms with Crippen LogP contribution in [0.15, 0.2) is 23.8 Å². The number of nitrogens with two attached hydrogens (primary N) is 1. The van der Waals surface area contributed by atoms with Crippen molar-refractivity contribution in [3.05, 3.63) is 23.8 Å². The van der Waals surface area contributed by atoms with Crippen LogP contribution in [-0.4, -0.2) is 23.3 Å². The van der Waals surface area contributed by atoms with Crippen molar-refractivity contribution >= 4 is 11.6 Å². The first-order valence-corrected chi connectivity index (χ1v) is 6.00. The Morgan fingerprint density at radius 1 is 1.24 bits per heavy atom. The van der Waals surface area contributed by atoms with Gasteiger partial charge in [0.05, 0.1) is 0 Å². The molecule has 0 aromatic carbocycles. The van der Waals surface area contributed by atoms with Crippen molar-refractivity contribution in [2.24, 2.45) is 5.41 Å². The van der Waals surface area contributed by atoms with Gasteiger partial charge in [0.15, 0.2) is 5.82 Å². The Hall–Kier alpha value is -1.58. The number of nitrogen functional groups attached to an aromatic ring is 1. The van der Waals surface area contributed by atoms with Crippen molar-refractivity contribution in [3.8, 4) is 0 Å². The number of nitrogens with zero attached hydrogens (tertiary/aromatic N) is 3. The predicted molar refractivity (Wildman–Crippen MR) is 70.8 cm³/mol. The Morgan fingerprint density at radius 2 is 2.00 bits per heavy atom. The molecule has 1 aliphatic heterocycles. The molecule has 17 heavy (non-hydrogen) atoms. The van der Waals surface area contributed by atoms with Crippen LogP contribution in [-0.2, 0) is 0 Å². The third kappa shape index (κ3) is 2.75. The van der Waals surface area contributed by atoms with Gasteiger partial charge in [0.25, 0.3) is 0 Å². The van der Waals surface area contributed by atoms with Crippen LogP contribution < -0.4 is 10.6 Å². The lowest BCUT2D eigenvalue weighted by Crippen LogP contribution is -2.32. The van der Waals surface area contributed by atoms with E-state index in [2.05, 4.69) is 41.9 Å². The molecule has 0 aliphatic carbocycles. The standard InChI is InChI=1S/C13H20N4/c1-13(2,3)10-6-8-17(9-7-10)12-5-4-11(14)15-16-12/h4-6H,7-9H2,1-3H3,(H2,14,15). The normalized spacial score (nSPS) is 16.9. The molecule has 0 amide bonds. The van der Waals surface area contributed by atoms with Gasteiger partial charge in [-0.15, -0.1) is 10.2 Å². The minimum atomic E-state index is 0.277. The number of aromatic nitrogens is 2. The summed E-state index contributed by atoms with van der Waals surface area (Å²) in [5.41, 5.74) is 7.33. The van der Waals surface area contributed by atoms with Crippen molar-refractivity contribution in [3.63, 3.8) is 0 Å². The van der Waals surface area contributed by atoms with Gasteiger partial charge in [0.2, 0.25) is 0 Å². The molecule has 4 heteroatoms. The van der Waals surface area contributed by atoms with Crippen LogP contribution in [0.25, 0.3) is 0 Å². The zero-order valence-corrected chi connectivity index (χ0v) is 10.8. The summed E-state index contributed by atoms with van der Waals surface area (Å²) < 4.78 is 0. The summed E-state index contributed by atoms with van der Waals surface area (Å²) in [6.07, 6.45) is 3.40. The van der Waals surface area contributed by atoms with E-state index in [1.165, 1.54) is 5.57 Å². The first-order chi connectivity index (χ1) is 7.97. The monoisotopic (exact) mass is 232 g/mol. The van der Waals surface area contributed by atoms with E-state index in [9.17, 15) is 0 Å². The molecule has 1 aromatic heterocycles. The smallest absolute Gasteiger partial charge is 0.151 e. The molecule has 1 aliphatic rings. The summed E-state index contributed by atoms with van der Waals surface area (Å²) in [4.78, 5) is 2.22. The summed E-state index contributed by atoms with van der Waals surface area (Å²) >= 11 is 0. The molecule has 0 radical (unpaired) electrons. The fourth-order valence-corrected chi connectivity index (χ4v) is 2.06. The van der Waals surface area contributed by atoms with Crippen molar-refractivity contribution in [1.29, 1.82) is 0 Å². The van der Waals surface area contributed by atoms with Crippen LogP contribution in [0.5, 0.6) is 0 Å². The maximum atomic E-state index is 5.53. The molecule has 0 saturated carbocycles. The maximum absolute atomic E-state index is 5.53. The quantitative estimate of drug-likeness (QED) is 0.754. The first-order valence-electron chi connectivity index (χ1n) is 6.00. The summed E-state index contributed by atoms with van der Waals surface area (Å²) in [5.74, 6) is 1.38. The highest BCUT2D eigenvalue weighted by Crippen LogP contribution is 2.30. The molecule has 92 valence electrons. The summed E-state index contributed by atoms with van der Waals surface area (Å²) in [6.45, 7) is 8.69. The number of hydrogen-bond acceptors (Lipinski definition) is 4. The van der Waals surface area contributed by atoms with Crippen molar-refractivity contribution in [2.45, 2.75) is 27.2 Å². The molecule has 0 bridgehead atoms. The third-order valence-corrected chi connectivity index (χ3v) is 3.17. The highest BCUT2D eigenvalue weighted by Gasteiger charge is 2.21. The number of rotatable bonds is 1. The third-order valence-electron chi connectivity index (χ3n) is 3.17. The van der Waals surface area contributed by atoms with Crippen LogP contribution in [0.2, 0.25) is 0 Å². The second kappa shape index (κ2) is 4.35. The van der Waals surface area contributed by atoms with Gasteiger partial charge in [-0.1, -0.05) is 32.4 Å². The van der Waals surface area contributed by atoms with Gasteiger partial charge in [0, 0.05) is 13.1 Å². The van der Waals surface area contributed by atoms with Crippen LogP contribution in [0.4, 0.5) is 11.6 Å². The van der Waals surface area contributed by atoms with Crippen LogP contribution >= 0.6 is 0 Å². The highest BCUT2D eigenvalue weighted by atomic mass is 15.3. The predicted octanol–water partition coefficient (Wildman–Crippen LogP) is 2.24. The minimum absolute atomic E-state index is 0.277. The second-order valence-electron chi connectivity index (χ2n) is 5.49. The van der Waals surface area contributed by atoms with E-state index in [1.807, 2.05) is 6.07 Å². The molecule has 0 fully saturated rings. The van der Waals surface area contributed by atoms with Crippen molar-refractivity contribution in [1.82, 2.24) is 10.2 Å². The van der Waals surface area contributed by atoms with Gasteiger partial charge in [-0.3, -0.25) is 0 Å². The van der Waals surface area contributed by atoms with E-state index in [1.54, 1.807) is 6.07 Å². The number of hydrogen-bond donors (Lipinski definition) is 1. The van der Waals surface area contributed by atoms with E-state index < -0.39 is 0 Å². The van der Waals surface area contributed by atoms with Gasteiger partial charge in [0.1, 0.15) is 5.82 Å². The highest BCUT2D eigenvalue weighted by molar-refractivity contribution is 5.43. The molecule has 0 atom stereocenters. The SMILES string of the molecule is CC(C)(C)C1=CCN(c2ccc(N)nn2)CC1. The van der Waals surface area contributed by atoms with Crippen LogP contribution in [0.3, 0.4) is 0 Å². The van der Waals surface area contributed by atoms with E-state index in [0.717, 1.165) is 25.3 Å². The summed E-state index contributed by atoms with van der Waals surface area (Å²) in [6, 6.07) is 3.73. The average Bonchev–Trinajstić information content (AvgIpc) is 2.29. The van der Waals surface area contributed by atoms with Gasteiger partial charge in [-0.05, 0) is 24.0 Å². The lowest BCUT2D eigenvalue weighted by Gasteiger charge is -2.32. The van der Waals surface area contributed by atoms with Gasteiger partial charge >= 0.3 is 0 Å². The lowest BCUT2D eigenvalue weighted by atomic mass is 9.83. The molecule has 4 nitrogen and oxygen atoms in total. The Balaban J connectivity index is 2.09. The topological polar surface area (TPSA) is 55.0 Å². The molecule has 2 heterocycles. The van der Waals surface area contributed by atoms with Gasteiger partial charge < -0.3 is 10.6 Å². The molecule has 0 saturated heterocycles. The molecule has 2 rings (SSSR count). The Bertz CT molecular complexity index is 414. The number of anilines is 2. The minimum Gasteiger partial charge on any atom is -0.382 e. The summed E-state index contributed by atoms with van der Waals surface area (Å²) in [7, 11) is 0. The molecule has 1 aromatic rings. The zero-order valence-electron chi connectivity index (χ0n) is 10.8. The lowest BCUT2D eigenvalue weighted by molar-refractivity contribution is 0.472. The Labute approximate surface area is 103 Å². The van der Waals surface area contributed by atoms with E-state index in [0.29, 0.717) is 5.82 Å². The van der Waals surface area contributed by atoms with Crippen molar-refractivity contribution < 1.29 is 0 Å². The molecule has 2 N–H and O–H groups in total. The van der Waals surface area contributed by atoms with Gasteiger partial charge in [-0.2, -0.15) is 0 Å². The van der Waals surface area contributed by atoms with Gasteiger partial charge in [-0.25, -0.2) is 0 Å². The van der Waals surface area contributed by atoms with E-state index in [-0.39, 0.29) is 5.41 Å².